The molecular weight excluding hydrogens is 270 g/mol. The molecule has 0 amide bonds. The molecule has 1 heterocycles. The van der Waals surface area contributed by atoms with E-state index in [-0.39, 0.29) is 31.7 Å². The van der Waals surface area contributed by atoms with Crippen LogP contribution in [0.1, 0.15) is 37.9 Å². The molecule has 0 aromatic carbocycles. The SMILES string of the molecule is CCOC(=O)C(F)(F)C1CC(=O)CC(c2ccco2)C1. The summed E-state index contributed by atoms with van der Waals surface area (Å²) in [5, 5.41) is 0. The molecule has 0 spiro atoms. The monoisotopic (exact) mass is 286 g/mol. The molecule has 2 atom stereocenters. The lowest BCUT2D eigenvalue weighted by molar-refractivity contribution is -0.182. The fraction of sp³-hybridized carbons (Fsp3) is 0.571. The fourth-order valence-electron chi connectivity index (χ4n) is 2.55. The van der Waals surface area contributed by atoms with Crippen molar-refractivity contribution in [3.05, 3.63) is 24.2 Å². The Morgan fingerprint density at radius 1 is 1.50 bits per heavy atom. The fourth-order valence-corrected chi connectivity index (χ4v) is 2.55. The summed E-state index contributed by atoms with van der Waals surface area (Å²) < 4.78 is 37.6. The van der Waals surface area contributed by atoms with E-state index in [1.807, 2.05) is 0 Å². The van der Waals surface area contributed by atoms with E-state index < -0.39 is 23.7 Å². The summed E-state index contributed by atoms with van der Waals surface area (Å²) in [5.41, 5.74) is 0. The second-order valence-electron chi connectivity index (χ2n) is 4.94. The number of hydrogen-bond acceptors (Lipinski definition) is 4. The van der Waals surface area contributed by atoms with Crippen molar-refractivity contribution >= 4 is 11.8 Å². The Bertz CT molecular complexity index is 481. The quantitative estimate of drug-likeness (QED) is 0.798. The van der Waals surface area contributed by atoms with Gasteiger partial charge in [-0.1, -0.05) is 0 Å². The van der Waals surface area contributed by atoms with E-state index in [4.69, 9.17) is 4.42 Å². The van der Waals surface area contributed by atoms with Gasteiger partial charge in [0.2, 0.25) is 0 Å². The van der Waals surface area contributed by atoms with Crippen LogP contribution in [0.4, 0.5) is 8.78 Å². The maximum Gasteiger partial charge on any atom is 0.377 e. The molecule has 1 aromatic heterocycles. The van der Waals surface area contributed by atoms with E-state index in [1.165, 1.54) is 13.2 Å². The van der Waals surface area contributed by atoms with E-state index >= 15 is 0 Å². The van der Waals surface area contributed by atoms with Crippen LogP contribution in [0.2, 0.25) is 0 Å². The van der Waals surface area contributed by atoms with Crippen molar-refractivity contribution in [2.24, 2.45) is 5.92 Å². The van der Waals surface area contributed by atoms with Crippen LogP contribution in [0.25, 0.3) is 0 Å². The number of rotatable bonds is 4. The van der Waals surface area contributed by atoms with Crippen LogP contribution < -0.4 is 0 Å². The summed E-state index contributed by atoms with van der Waals surface area (Å²) in [6.07, 6.45) is 1.34. The number of esters is 1. The van der Waals surface area contributed by atoms with Gasteiger partial charge in [0.05, 0.1) is 12.9 Å². The highest BCUT2D eigenvalue weighted by atomic mass is 19.3. The molecule has 0 radical (unpaired) electrons. The van der Waals surface area contributed by atoms with E-state index in [0.29, 0.717) is 5.76 Å². The van der Waals surface area contributed by atoms with Gasteiger partial charge in [0.1, 0.15) is 11.5 Å². The van der Waals surface area contributed by atoms with Crippen LogP contribution in [0.5, 0.6) is 0 Å². The normalized spacial score (nSPS) is 23.6. The summed E-state index contributed by atoms with van der Waals surface area (Å²) in [6, 6.07) is 3.30. The highest BCUT2D eigenvalue weighted by molar-refractivity contribution is 5.83. The van der Waals surface area contributed by atoms with Crippen LogP contribution >= 0.6 is 0 Å². The molecule has 110 valence electrons. The predicted octanol–water partition coefficient (Wildman–Crippen LogP) is 2.93. The van der Waals surface area contributed by atoms with Crippen LogP contribution in [0.3, 0.4) is 0 Å². The smallest absolute Gasteiger partial charge is 0.377 e. The Hall–Kier alpha value is -1.72. The molecule has 0 N–H and O–H groups in total. The first-order chi connectivity index (χ1) is 9.45. The Kier molecular flexibility index (Phi) is 4.20. The van der Waals surface area contributed by atoms with Crippen LogP contribution in [0, 0.1) is 5.92 Å². The lowest BCUT2D eigenvalue weighted by atomic mass is 9.76. The van der Waals surface area contributed by atoms with Crippen molar-refractivity contribution in [1.82, 2.24) is 0 Å². The summed E-state index contributed by atoms with van der Waals surface area (Å²) in [6.45, 7) is 1.35. The van der Waals surface area contributed by atoms with E-state index in [0.717, 1.165) is 0 Å². The largest absolute Gasteiger partial charge is 0.469 e. The average molecular weight is 286 g/mol. The maximum atomic E-state index is 14.0. The van der Waals surface area contributed by atoms with Crippen molar-refractivity contribution < 1.29 is 27.5 Å². The number of furan rings is 1. The molecular formula is C14H16F2O4. The van der Waals surface area contributed by atoms with Crippen LogP contribution in [-0.2, 0) is 14.3 Å². The minimum Gasteiger partial charge on any atom is -0.469 e. The molecule has 0 saturated heterocycles. The minimum absolute atomic E-state index is 0.0328. The van der Waals surface area contributed by atoms with Gasteiger partial charge in [0, 0.05) is 24.7 Å². The van der Waals surface area contributed by atoms with Gasteiger partial charge in [0.15, 0.2) is 0 Å². The Balaban J connectivity index is 2.15. The highest BCUT2D eigenvalue weighted by Gasteiger charge is 2.51. The number of carbonyl (C=O) groups is 2. The molecule has 4 nitrogen and oxygen atoms in total. The molecule has 1 saturated carbocycles. The number of Topliss-reactive ketones (excluding diaryl/α,β-unsaturated/α-hetero) is 1. The highest BCUT2D eigenvalue weighted by Crippen LogP contribution is 2.42. The molecule has 2 rings (SSSR count). The lowest BCUT2D eigenvalue weighted by Gasteiger charge is -2.31. The number of alkyl halides is 2. The summed E-state index contributed by atoms with van der Waals surface area (Å²) in [4.78, 5) is 23.0. The van der Waals surface area contributed by atoms with Gasteiger partial charge in [0.25, 0.3) is 0 Å². The second kappa shape index (κ2) is 5.73. The third kappa shape index (κ3) is 2.89. The third-order valence-electron chi connectivity index (χ3n) is 3.52. The zero-order valence-electron chi connectivity index (χ0n) is 11.1. The molecule has 6 heteroatoms. The van der Waals surface area contributed by atoms with Gasteiger partial charge in [-0.3, -0.25) is 4.79 Å². The first-order valence-electron chi connectivity index (χ1n) is 6.55. The van der Waals surface area contributed by atoms with Crippen molar-refractivity contribution in [1.29, 1.82) is 0 Å². The van der Waals surface area contributed by atoms with Crippen molar-refractivity contribution in [3.8, 4) is 0 Å². The predicted molar refractivity (Wildman–Crippen MR) is 65.4 cm³/mol. The van der Waals surface area contributed by atoms with E-state index in [9.17, 15) is 18.4 Å². The first kappa shape index (κ1) is 14.7. The van der Waals surface area contributed by atoms with E-state index in [2.05, 4.69) is 4.74 Å². The number of carbonyl (C=O) groups excluding carboxylic acids is 2. The second-order valence-corrected chi connectivity index (χ2v) is 4.94. The molecule has 2 unspecified atom stereocenters. The zero-order valence-corrected chi connectivity index (χ0v) is 11.1. The molecule has 1 aliphatic rings. The summed E-state index contributed by atoms with van der Waals surface area (Å²) >= 11 is 0. The third-order valence-corrected chi connectivity index (χ3v) is 3.52. The van der Waals surface area contributed by atoms with E-state index in [1.54, 1.807) is 12.1 Å². The van der Waals surface area contributed by atoms with Crippen molar-refractivity contribution in [2.45, 2.75) is 38.0 Å². The topological polar surface area (TPSA) is 56.5 Å². The van der Waals surface area contributed by atoms with Gasteiger partial charge in [-0.15, -0.1) is 0 Å². The molecule has 0 aliphatic heterocycles. The molecule has 0 bridgehead atoms. The maximum absolute atomic E-state index is 14.0. The lowest BCUT2D eigenvalue weighted by Crippen LogP contribution is -2.42. The molecule has 1 aliphatic carbocycles. The first-order valence-corrected chi connectivity index (χ1v) is 6.55. The van der Waals surface area contributed by atoms with Gasteiger partial charge < -0.3 is 9.15 Å². The van der Waals surface area contributed by atoms with Gasteiger partial charge >= 0.3 is 11.9 Å². The standard InChI is InChI=1S/C14H16F2O4/c1-2-19-13(18)14(15,16)10-6-9(7-11(17)8-10)12-4-3-5-20-12/h3-5,9-10H,2,6-8H2,1H3. The van der Waals surface area contributed by atoms with Crippen LogP contribution in [0.15, 0.2) is 22.8 Å². The summed E-state index contributed by atoms with van der Waals surface area (Å²) in [7, 11) is 0. The average Bonchev–Trinajstić information content (AvgIpc) is 2.92. The Labute approximate surface area is 115 Å². The van der Waals surface area contributed by atoms with Gasteiger partial charge in [-0.25, -0.2) is 4.79 Å². The number of halogens is 2. The molecule has 20 heavy (non-hydrogen) atoms. The Morgan fingerprint density at radius 2 is 2.25 bits per heavy atom. The van der Waals surface area contributed by atoms with Gasteiger partial charge in [-0.2, -0.15) is 8.78 Å². The van der Waals surface area contributed by atoms with Crippen LogP contribution in [-0.4, -0.2) is 24.3 Å². The van der Waals surface area contributed by atoms with Gasteiger partial charge in [-0.05, 0) is 25.5 Å². The number of ketones is 1. The minimum atomic E-state index is -3.64. The van der Waals surface area contributed by atoms with Crippen molar-refractivity contribution in [2.75, 3.05) is 6.61 Å². The Morgan fingerprint density at radius 3 is 2.85 bits per heavy atom. The summed E-state index contributed by atoms with van der Waals surface area (Å²) in [5.74, 6) is -6.72. The van der Waals surface area contributed by atoms with Crippen molar-refractivity contribution in [3.63, 3.8) is 0 Å². The zero-order chi connectivity index (χ0) is 14.8. The number of hydrogen-bond donors (Lipinski definition) is 0. The molecule has 1 fully saturated rings. The number of ether oxygens (including phenoxy) is 1. The molecule has 1 aromatic rings.